The van der Waals surface area contributed by atoms with E-state index in [-0.39, 0.29) is 17.5 Å². The van der Waals surface area contributed by atoms with Crippen LogP contribution in [0.4, 0.5) is 22.9 Å². The van der Waals surface area contributed by atoms with Gasteiger partial charge in [-0.15, -0.1) is 10.2 Å². The number of aromatic nitrogens is 2. The summed E-state index contributed by atoms with van der Waals surface area (Å²) in [4.78, 5) is 23.5. The number of nitrogens with zero attached hydrogens (tertiary/aromatic N) is 2. The summed E-state index contributed by atoms with van der Waals surface area (Å²) >= 11 is 0. The lowest BCUT2D eigenvalue weighted by Gasteiger charge is -2.11. The molecule has 1 heterocycles. The molecule has 7 nitrogen and oxygen atoms in total. The molecule has 0 atom stereocenters. The molecule has 0 spiro atoms. The van der Waals surface area contributed by atoms with Gasteiger partial charge in [0.05, 0.1) is 0 Å². The second-order valence-electron chi connectivity index (χ2n) is 6.41. The average molecular weight is 375 g/mol. The average Bonchev–Trinajstić information content (AvgIpc) is 2.66. The highest BCUT2D eigenvalue weighted by Gasteiger charge is 2.11. The number of rotatable bonds is 5. The summed E-state index contributed by atoms with van der Waals surface area (Å²) in [7, 11) is 0. The zero-order valence-electron chi connectivity index (χ0n) is 15.9. The molecule has 2 amide bonds. The Morgan fingerprint density at radius 3 is 2.00 bits per heavy atom. The molecule has 1 aromatic heterocycles. The molecule has 0 radical (unpaired) electrons. The molecule has 0 aliphatic heterocycles. The molecular weight excluding hydrogens is 354 g/mol. The number of hydrogen-bond donors (Lipinski definition) is 3. The van der Waals surface area contributed by atoms with Gasteiger partial charge < -0.3 is 16.0 Å². The van der Waals surface area contributed by atoms with Crippen molar-refractivity contribution < 1.29 is 9.59 Å². The summed E-state index contributed by atoms with van der Waals surface area (Å²) in [6, 6.07) is 16.3. The van der Waals surface area contributed by atoms with Gasteiger partial charge in [0.25, 0.3) is 5.91 Å². The first-order valence-electron chi connectivity index (χ1n) is 8.78. The molecule has 3 rings (SSSR count). The van der Waals surface area contributed by atoms with Crippen molar-refractivity contribution in [2.45, 2.75) is 20.8 Å². The minimum absolute atomic E-state index is 0.124. The number of benzene rings is 2. The molecule has 0 saturated heterocycles. The van der Waals surface area contributed by atoms with Crippen LogP contribution in [0, 0.1) is 13.8 Å². The smallest absolute Gasteiger partial charge is 0.276 e. The fraction of sp³-hybridized carbons (Fsp3) is 0.143. The minimum atomic E-state index is -0.309. The van der Waals surface area contributed by atoms with Gasteiger partial charge in [-0.05, 0) is 61.4 Å². The standard InChI is InChI=1S/C21H21N5O2/c1-13-5-4-6-14(2)20(13)24-21(28)18-11-12-19(26-25-18)23-17-9-7-16(8-10-17)22-15(3)27/h4-12H,1-3H3,(H,22,27)(H,23,26)(H,24,28). The van der Waals surface area contributed by atoms with Gasteiger partial charge in [0.1, 0.15) is 0 Å². The summed E-state index contributed by atoms with van der Waals surface area (Å²) < 4.78 is 0. The Bertz CT molecular complexity index is 978. The van der Waals surface area contributed by atoms with Gasteiger partial charge in [0.2, 0.25) is 5.91 Å². The summed E-state index contributed by atoms with van der Waals surface area (Å²) in [5.41, 5.74) is 4.49. The van der Waals surface area contributed by atoms with Crippen LogP contribution >= 0.6 is 0 Å². The number of amides is 2. The van der Waals surface area contributed by atoms with Crippen molar-refractivity contribution in [3.8, 4) is 0 Å². The van der Waals surface area contributed by atoms with Crippen LogP contribution in [0.1, 0.15) is 28.5 Å². The van der Waals surface area contributed by atoms with E-state index in [4.69, 9.17) is 0 Å². The van der Waals surface area contributed by atoms with Crippen molar-refractivity contribution in [1.29, 1.82) is 0 Å². The van der Waals surface area contributed by atoms with Gasteiger partial charge in [-0.1, -0.05) is 18.2 Å². The largest absolute Gasteiger partial charge is 0.339 e. The minimum Gasteiger partial charge on any atom is -0.339 e. The van der Waals surface area contributed by atoms with Gasteiger partial charge >= 0.3 is 0 Å². The predicted molar refractivity (Wildman–Crippen MR) is 110 cm³/mol. The van der Waals surface area contributed by atoms with Crippen molar-refractivity contribution in [2.24, 2.45) is 0 Å². The monoisotopic (exact) mass is 375 g/mol. The molecule has 7 heteroatoms. The fourth-order valence-corrected chi connectivity index (χ4v) is 2.70. The van der Waals surface area contributed by atoms with Crippen molar-refractivity contribution in [1.82, 2.24) is 10.2 Å². The fourth-order valence-electron chi connectivity index (χ4n) is 2.70. The van der Waals surface area contributed by atoms with Crippen LogP contribution in [0.25, 0.3) is 0 Å². The lowest BCUT2D eigenvalue weighted by molar-refractivity contribution is -0.114. The number of hydrogen-bond acceptors (Lipinski definition) is 5. The molecule has 0 unspecified atom stereocenters. The number of carbonyl (C=O) groups excluding carboxylic acids is 2. The van der Waals surface area contributed by atoms with E-state index in [2.05, 4.69) is 26.1 Å². The normalized spacial score (nSPS) is 10.2. The SMILES string of the molecule is CC(=O)Nc1ccc(Nc2ccc(C(=O)Nc3c(C)cccc3C)nn2)cc1. The van der Waals surface area contributed by atoms with Crippen molar-refractivity contribution >= 4 is 34.7 Å². The zero-order chi connectivity index (χ0) is 20.1. The van der Waals surface area contributed by atoms with E-state index in [1.807, 2.05) is 44.2 Å². The van der Waals surface area contributed by atoms with E-state index in [1.165, 1.54) is 6.92 Å². The molecule has 142 valence electrons. The van der Waals surface area contributed by atoms with Crippen LogP contribution in [0.3, 0.4) is 0 Å². The zero-order valence-corrected chi connectivity index (χ0v) is 15.9. The Hall–Kier alpha value is -3.74. The highest BCUT2D eigenvalue weighted by Crippen LogP contribution is 2.21. The maximum atomic E-state index is 12.4. The Balaban J connectivity index is 1.66. The molecule has 3 N–H and O–H groups in total. The van der Waals surface area contributed by atoms with Crippen LogP contribution in [-0.2, 0) is 4.79 Å². The van der Waals surface area contributed by atoms with Gasteiger partial charge in [0.15, 0.2) is 11.5 Å². The summed E-state index contributed by atoms with van der Waals surface area (Å²) in [6.07, 6.45) is 0. The van der Waals surface area contributed by atoms with Crippen LogP contribution in [0.5, 0.6) is 0 Å². The Kier molecular flexibility index (Phi) is 5.64. The first kappa shape index (κ1) is 19.0. The lowest BCUT2D eigenvalue weighted by atomic mass is 10.1. The number of aryl methyl sites for hydroxylation is 2. The molecule has 0 saturated carbocycles. The second kappa shape index (κ2) is 8.30. The van der Waals surface area contributed by atoms with Gasteiger partial charge in [-0.25, -0.2) is 0 Å². The third-order valence-electron chi connectivity index (χ3n) is 4.09. The first-order valence-corrected chi connectivity index (χ1v) is 8.78. The maximum Gasteiger partial charge on any atom is 0.276 e. The molecular formula is C21H21N5O2. The van der Waals surface area contributed by atoms with E-state index in [0.717, 1.165) is 22.5 Å². The van der Waals surface area contributed by atoms with Crippen LogP contribution in [0.2, 0.25) is 0 Å². The Labute approximate surface area is 163 Å². The summed E-state index contributed by atoms with van der Waals surface area (Å²) in [6.45, 7) is 5.34. The number of para-hydroxylation sites is 1. The maximum absolute atomic E-state index is 12.4. The van der Waals surface area contributed by atoms with E-state index >= 15 is 0 Å². The summed E-state index contributed by atoms with van der Waals surface area (Å²) in [5, 5.41) is 16.8. The van der Waals surface area contributed by atoms with Gasteiger partial charge in [0, 0.05) is 24.0 Å². The molecule has 0 fully saturated rings. The van der Waals surface area contributed by atoms with Crippen LogP contribution in [0.15, 0.2) is 54.6 Å². The Morgan fingerprint density at radius 2 is 1.43 bits per heavy atom. The third-order valence-corrected chi connectivity index (χ3v) is 4.09. The number of carbonyl (C=O) groups is 2. The second-order valence-corrected chi connectivity index (χ2v) is 6.41. The molecule has 0 bridgehead atoms. The van der Waals surface area contributed by atoms with Crippen molar-refractivity contribution in [3.05, 3.63) is 71.4 Å². The quantitative estimate of drug-likeness (QED) is 0.625. The third kappa shape index (κ3) is 4.70. The first-order chi connectivity index (χ1) is 13.4. The van der Waals surface area contributed by atoms with E-state index < -0.39 is 0 Å². The molecule has 28 heavy (non-hydrogen) atoms. The Morgan fingerprint density at radius 1 is 0.786 bits per heavy atom. The van der Waals surface area contributed by atoms with Crippen molar-refractivity contribution in [2.75, 3.05) is 16.0 Å². The molecule has 0 aliphatic carbocycles. The predicted octanol–water partition coefficient (Wildman–Crippen LogP) is 4.05. The molecule has 2 aromatic carbocycles. The van der Waals surface area contributed by atoms with Crippen molar-refractivity contribution in [3.63, 3.8) is 0 Å². The van der Waals surface area contributed by atoms with E-state index in [0.29, 0.717) is 11.5 Å². The summed E-state index contributed by atoms with van der Waals surface area (Å²) in [5.74, 6) is 0.0772. The highest BCUT2D eigenvalue weighted by molar-refractivity contribution is 6.03. The van der Waals surface area contributed by atoms with E-state index in [1.54, 1.807) is 24.3 Å². The van der Waals surface area contributed by atoms with E-state index in [9.17, 15) is 9.59 Å². The topological polar surface area (TPSA) is 96.0 Å². The number of nitrogens with one attached hydrogen (secondary N) is 3. The molecule has 0 aliphatic rings. The molecule has 3 aromatic rings. The van der Waals surface area contributed by atoms with Gasteiger partial charge in [-0.3, -0.25) is 9.59 Å². The highest BCUT2D eigenvalue weighted by atomic mass is 16.2. The van der Waals surface area contributed by atoms with Gasteiger partial charge in [-0.2, -0.15) is 0 Å². The van der Waals surface area contributed by atoms with Crippen LogP contribution < -0.4 is 16.0 Å². The number of anilines is 4. The van der Waals surface area contributed by atoms with Crippen LogP contribution in [-0.4, -0.2) is 22.0 Å². The lowest BCUT2D eigenvalue weighted by Crippen LogP contribution is -2.16.